The number of carbonyl (C=O) groups excluding carboxylic acids is 1. The van der Waals surface area contributed by atoms with Gasteiger partial charge in [-0.25, -0.2) is 0 Å². The van der Waals surface area contributed by atoms with Crippen molar-refractivity contribution in [1.82, 2.24) is 14.8 Å². The van der Waals surface area contributed by atoms with Gasteiger partial charge < -0.3 is 15.4 Å². The zero-order valence-electron chi connectivity index (χ0n) is 12.6. The molecule has 116 valence electrons. The lowest BCUT2D eigenvalue weighted by Crippen LogP contribution is -2.46. The number of ether oxygens (including phenoxy) is 1. The number of rotatable bonds is 6. The highest BCUT2D eigenvalue weighted by Crippen LogP contribution is 2.09. The van der Waals surface area contributed by atoms with Gasteiger partial charge >= 0.3 is 5.97 Å². The Balaban J connectivity index is 1.74. The molecule has 0 aromatic carbocycles. The monoisotopic (exact) mass is 292 g/mol. The third kappa shape index (κ3) is 5.08. The van der Waals surface area contributed by atoms with Crippen LogP contribution in [0.25, 0.3) is 0 Å². The van der Waals surface area contributed by atoms with Gasteiger partial charge in [0, 0.05) is 52.0 Å². The van der Waals surface area contributed by atoms with Gasteiger partial charge in [0.25, 0.3) is 0 Å². The molecule has 1 aromatic rings. The third-order valence-corrected chi connectivity index (χ3v) is 3.82. The first kappa shape index (κ1) is 15.9. The normalized spacial score (nSPS) is 16.9. The largest absolute Gasteiger partial charge is 0.469 e. The summed E-state index contributed by atoms with van der Waals surface area (Å²) >= 11 is 0. The number of carbonyl (C=O) groups is 1. The number of nitrogens with zero attached hydrogens (tertiary/aromatic N) is 3. The first-order valence-corrected chi connectivity index (χ1v) is 7.36. The van der Waals surface area contributed by atoms with Crippen molar-refractivity contribution >= 4 is 5.97 Å². The Hall–Kier alpha value is -1.50. The van der Waals surface area contributed by atoms with Crippen molar-refractivity contribution in [2.24, 2.45) is 5.73 Å². The van der Waals surface area contributed by atoms with Gasteiger partial charge in [-0.05, 0) is 17.7 Å². The van der Waals surface area contributed by atoms with Crippen molar-refractivity contribution in [3.05, 3.63) is 29.6 Å². The fourth-order valence-corrected chi connectivity index (χ4v) is 2.52. The molecular weight excluding hydrogens is 268 g/mol. The first-order chi connectivity index (χ1) is 10.2. The second-order valence-electron chi connectivity index (χ2n) is 5.30. The molecule has 2 N–H and O–H groups in total. The molecule has 1 saturated heterocycles. The number of aromatic nitrogens is 1. The Bertz CT molecular complexity index is 459. The second kappa shape index (κ2) is 8.07. The van der Waals surface area contributed by atoms with Crippen molar-refractivity contribution in [3.63, 3.8) is 0 Å². The van der Waals surface area contributed by atoms with E-state index >= 15 is 0 Å². The van der Waals surface area contributed by atoms with Crippen LogP contribution >= 0.6 is 0 Å². The molecule has 0 radical (unpaired) electrons. The van der Waals surface area contributed by atoms with Gasteiger partial charge in [-0.15, -0.1) is 0 Å². The van der Waals surface area contributed by atoms with E-state index in [0.717, 1.165) is 45.0 Å². The third-order valence-electron chi connectivity index (χ3n) is 3.82. The number of esters is 1. The molecule has 1 aromatic heterocycles. The molecule has 21 heavy (non-hydrogen) atoms. The quantitative estimate of drug-likeness (QED) is 0.756. The van der Waals surface area contributed by atoms with Crippen LogP contribution in [0.4, 0.5) is 0 Å². The maximum atomic E-state index is 11.1. The van der Waals surface area contributed by atoms with E-state index < -0.39 is 0 Å². The summed E-state index contributed by atoms with van der Waals surface area (Å²) < 4.78 is 4.67. The molecule has 0 unspecified atom stereocenters. The average molecular weight is 292 g/mol. The van der Waals surface area contributed by atoms with Gasteiger partial charge in [-0.2, -0.15) is 0 Å². The van der Waals surface area contributed by atoms with Gasteiger partial charge in [0.15, 0.2) is 0 Å². The molecule has 0 spiro atoms. The fraction of sp³-hybridized carbons (Fsp3) is 0.600. The van der Waals surface area contributed by atoms with Gasteiger partial charge in [0.1, 0.15) is 0 Å². The van der Waals surface area contributed by atoms with Crippen LogP contribution in [0.1, 0.15) is 17.7 Å². The molecule has 0 atom stereocenters. The minimum absolute atomic E-state index is 0.136. The number of piperazine rings is 1. The molecule has 0 amide bonds. The summed E-state index contributed by atoms with van der Waals surface area (Å²) in [6, 6.07) is 4.12. The minimum Gasteiger partial charge on any atom is -0.469 e. The summed E-state index contributed by atoms with van der Waals surface area (Å²) in [5.74, 6) is -0.136. The Morgan fingerprint density at radius 3 is 2.71 bits per heavy atom. The van der Waals surface area contributed by atoms with Gasteiger partial charge in [0.2, 0.25) is 0 Å². The van der Waals surface area contributed by atoms with Gasteiger partial charge in [-0.3, -0.25) is 14.7 Å². The maximum Gasteiger partial charge on any atom is 0.306 e. The molecule has 1 fully saturated rings. The van der Waals surface area contributed by atoms with E-state index in [2.05, 4.69) is 25.6 Å². The van der Waals surface area contributed by atoms with Crippen molar-refractivity contribution < 1.29 is 9.53 Å². The summed E-state index contributed by atoms with van der Waals surface area (Å²) in [7, 11) is 1.44. The SMILES string of the molecule is COC(=O)CCN1CCN(Cc2ccnc(CN)c2)CC1. The summed E-state index contributed by atoms with van der Waals surface area (Å²) in [6.45, 7) is 6.21. The number of hydrogen-bond donors (Lipinski definition) is 1. The van der Waals surface area contributed by atoms with E-state index in [0.29, 0.717) is 13.0 Å². The van der Waals surface area contributed by atoms with E-state index in [1.54, 1.807) is 0 Å². The van der Waals surface area contributed by atoms with Gasteiger partial charge in [0.05, 0.1) is 19.2 Å². The Kier molecular flexibility index (Phi) is 6.10. The highest BCUT2D eigenvalue weighted by molar-refractivity contribution is 5.69. The molecule has 0 saturated carbocycles. The van der Waals surface area contributed by atoms with Crippen LogP contribution in [0.3, 0.4) is 0 Å². The Morgan fingerprint density at radius 1 is 1.33 bits per heavy atom. The van der Waals surface area contributed by atoms with Crippen LogP contribution in [-0.2, 0) is 22.6 Å². The molecule has 0 aliphatic carbocycles. The van der Waals surface area contributed by atoms with Crippen molar-refractivity contribution in [3.8, 4) is 0 Å². The van der Waals surface area contributed by atoms with E-state index in [-0.39, 0.29) is 5.97 Å². The van der Waals surface area contributed by atoms with Crippen LogP contribution in [0.5, 0.6) is 0 Å². The van der Waals surface area contributed by atoms with Crippen molar-refractivity contribution in [1.29, 1.82) is 0 Å². The van der Waals surface area contributed by atoms with Crippen LogP contribution in [-0.4, -0.2) is 60.6 Å². The number of nitrogens with two attached hydrogens (primary N) is 1. The Labute approximate surface area is 125 Å². The molecule has 1 aliphatic heterocycles. The van der Waals surface area contributed by atoms with Gasteiger partial charge in [-0.1, -0.05) is 0 Å². The smallest absolute Gasteiger partial charge is 0.306 e. The zero-order chi connectivity index (χ0) is 15.1. The summed E-state index contributed by atoms with van der Waals surface area (Å²) in [4.78, 5) is 20.1. The summed E-state index contributed by atoms with van der Waals surface area (Å²) in [5, 5.41) is 0. The lowest BCUT2D eigenvalue weighted by Gasteiger charge is -2.34. The predicted molar refractivity (Wildman–Crippen MR) is 80.5 cm³/mol. The standard InChI is InChI=1S/C15H24N4O2/c1-21-15(20)3-5-18-6-8-19(9-7-18)12-13-2-4-17-14(10-13)11-16/h2,4,10H,3,5-9,11-12,16H2,1H3. The van der Waals surface area contributed by atoms with E-state index in [1.165, 1.54) is 12.7 Å². The zero-order valence-corrected chi connectivity index (χ0v) is 12.6. The molecule has 1 aliphatic rings. The summed E-state index contributed by atoms with van der Waals surface area (Å²) in [6.07, 6.45) is 2.30. The first-order valence-electron chi connectivity index (χ1n) is 7.36. The lowest BCUT2D eigenvalue weighted by atomic mass is 10.2. The van der Waals surface area contributed by atoms with E-state index in [1.807, 2.05) is 12.3 Å². The fourth-order valence-electron chi connectivity index (χ4n) is 2.52. The molecule has 2 heterocycles. The molecule has 6 heteroatoms. The van der Waals surface area contributed by atoms with E-state index in [9.17, 15) is 4.79 Å². The van der Waals surface area contributed by atoms with Crippen LogP contribution in [0, 0.1) is 0 Å². The highest BCUT2D eigenvalue weighted by atomic mass is 16.5. The second-order valence-corrected chi connectivity index (χ2v) is 5.30. The number of pyridine rings is 1. The van der Waals surface area contributed by atoms with Crippen molar-refractivity contribution in [2.75, 3.05) is 39.8 Å². The maximum absolute atomic E-state index is 11.1. The topological polar surface area (TPSA) is 71.7 Å². The Morgan fingerprint density at radius 2 is 2.05 bits per heavy atom. The molecule has 6 nitrogen and oxygen atoms in total. The summed E-state index contributed by atoms with van der Waals surface area (Å²) in [5.41, 5.74) is 7.81. The number of hydrogen-bond acceptors (Lipinski definition) is 6. The molecule has 2 rings (SSSR count). The lowest BCUT2D eigenvalue weighted by molar-refractivity contribution is -0.141. The molecule has 0 bridgehead atoms. The molecular formula is C15H24N4O2. The van der Waals surface area contributed by atoms with E-state index in [4.69, 9.17) is 5.73 Å². The van der Waals surface area contributed by atoms with Crippen molar-refractivity contribution in [2.45, 2.75) is 19.5 Å². The van der Waals surface area contributed by atoms with Crippen LogP contribution in [0.2, 0.25) is 0 Å². The predicted octanol–water partition coefficient (Wildman–Crippen LogP) is 0.221. The number of methoxy groups -OCH3 is 1. The minimum atomic E-state index is -0.136. The average Bonchev–Trinajstić information content (AvgIpc) is 2.54. The van der Waals surface area contributed by atoms with Crippen LogP contribution in [0.15, 0.2) is 18.3 Å². The van der Waals surface area contributed by atoms with Crippen LogP contribution < -0.4 is 5.73 Å². The highest BCUT2D eigenvalue weighted by Gasteiger charge is 2.17.